The van der Waals surface area contributed by atoms with Gasteiger partial charge < -0.3 is 14.2 Å². The molecular weight excluding hydrogens is 781 g/mol. The molecule has 0 rings (SSSR count). The summed E-state index contributed by atoms with van der Waals surface area (Å²) >= 11 is 0. The molecule has 0 N–H and O–H groups in total. The molecular formula is C57H100O6. The number of carbonyl (C=O) groups excluding carboxylic acids is 3. The molecule has 63 heavy (non-hydrogen) atoms. The Kier molecular flexibility index (Phi) is 49.4. The van der Waals surface area contributed by atoms with E-state index < -0.39 is 6.10 Å². The van der Waals surface area contributed by atoms with Gasteiger partial charge in [0.1, 0.15) is 13.2 Å². The van der Waals surface area contributed by atoms with Gasteiger partial charge in [0.25, 0.3) is 0 Å². The van der Waals surface area contributed by atoms with Crippen LogP contribution in [0.3, 0.4) is 0 Å². The molecule has 0 aromatic rings. The smallest absolute Gasteiger partial charge is 0.306 e. The molecule has 6 nitrogen and oxygen atoms in total. The van der Waals surface area contributed by atoms with Crippen LogP contribution >= 0.6 is 0 Å². The molecule has 0 aromatic carbocycles. The van der Waals surface area contributed by atoms with Crippen LogP contribution in [0.1, 0.15) is 265 Å². The summed E-state index contributed by atoms with van der Waals surface area (Å²) in [7, 11) is 0. The van der Waals surface area contributed by atoms with E-state index in [1.807, 2.05) is 0 Å². The Bertz CT molecular complexity index is 1150. The summed E-state index contributed by atoms with van der Waals surface area (Å²) in [5.74, 6) is -0.891. The molecule has 0 aliphatic heterocycles. The zero-order valence-electron chi connectivity index (χ0n) is 41.6. The highest BCUT2D eigenvalue weighted by atomic mass is 16.6. The van der Waals surface area contributed by atoms with Gasteiger partial charge in [-0.25, -0.2) is 0 Å². The van der Waals surface area contributed by atoms with Crippen molar-refractivity contribution < 1.29 is 28.6 Å². The van der Waals surface area contributed by atoms with Crippen molar-refractivity contribution in [3.05, 3.63) is 60.8 Å². The van der Waals surface area contributed by atoms with Crippen LogP contribution in [0.25, 0.3) is 0 Å². The van der Waals surface area contributed by atoms with Crippen molar-refractivity contribution in [2.45, 2.75) is 271 Å². The van der Waals surface area contributed by atoms with E-state index in [4.69, 9.17) is 14.2 Å². The fourth-order valence-corrected chi connectivity index (χ4v) is 7.49. The maximum atomic E-state index is 12.8. The van der Waals surface area contributed by atoms with E-state index in [-0.39, 0.29) is 31.1 Å². The Morgan fingerprint density at radius 1 is 0.333 bits per heavy atom. The lowest BCUT2D eigenvalue weighted by Crippen LogP contribution is -2.30. The van der Waals surface area contributed by atoms with Gasteiger partial charge in [0.05, 0.1) is 0 Å². The van der Waals surface area contributed by atoms with Crippen molar-refractivity contribution in [2.75, 3.05) is 13.2 Å². The number of carbonyl (C=O) groups is 3. The van der Waals surface area contributed by atoms with Crippen LogP contribution in [0.5, 0.6) is 0 Å². The molecule has 0 heterocycles. The van der Waals surface area contributed by atoms with Gasteiger partial charge in [-0.05, 0) is 83.5 Å². The van der Waals surface area contributed by atoms with E-state index in [1.54, 1.807) is 0 Å². The average Bonchev–Trinajstić information content (AvgIpc) is 3.28. The van der Waals surface area contributed by atoms with Gasteiger partial charge in [-0.2, -0.15) is 0 Å². The van der Waals surface area contributed by atoms with E-state index in [2.05, 4.69) is 81.5 Å². The topological polar surface area (TPSA) is 78.9 Å². The molecule has 0 saturated heterocycles. The minimum absolute atomic E-state index is 0.0773. The highest BCUT2D eigenvalue weighted by molar-refractivity contribution is 5.71. The summed E-state index contributed by atoms with van der Waals surface area (Å²) < 4.78 is 16.7. The zero-order valence-corrected chi connectivity index (χ0v) is 41.6. The average molecular weight is 881 g/mol. The molecule has 0 spiro atoms. The number of ether oxygens (including phenoxy) is 3. The van der Waals surface area contributed by atoms with E-state index >= 15 is 0 Å². The third-order valence-corrected chi connectivity index (χ3v) is 11.5. The van der Waals surface area contributed by atoms with Gasteiger partial charge in [-0.1, -0.05) is 223 Å². The number of hydrogen-bond donors (Lipinski definition) is 0. The fraction of sp³-hybridized carbons (Fsp3) is 0.772. The van der Waals surface area contributed by atoms with Crippen molar-refractivity contribution in [1.82, 2.24) is 0 Å². The van der Waals surface area contributed by atoms with Gasteiger partial charge >= 0.3 is 17.9 Å². The summed E-state index contributed by atoms with van der Waals surface area (Å²) in [6.45, 7) is 6.48. The molecule has 0 amide bonds. The Hall–Kier alpha value is -2.89. The van der Waals surface area contributed by atoms with Crippen molar-refractivity contribution in [1.29, 1.82) is 0 Å². The fourth-order valence-electron chi connectivity index (χ4n) is 7.49. The lowest BCUT2D eigenvalue weighted by Gasteiger charge is -2.18. The number of allylic oxidation sites excluding steroid dienone is 10. The van der Waals surface area contributed by atoms with E-state index in [1.165, 1.54) is 135 Å². The standard InChI is InChI=1S/C57H100O6/c1-4-7-10-13-16-18-20-22-24-26-27-28-29-31-32-34-36-38-41-44-47-50-56(59)62-53-54(52-61-55(58)49-46-43-40-15-12-9-6-3)63-57(60)51-48-45-42-39-37-35-33-30-25-23-21-19-17-14-11-8-5-2/h7,10,16,18,22-25,27-28,54H,4-6,8-9,11-15,17,19-21,26,29-53H2,1-3H3/b10-7-,18-16-,24-22-,25-23-,28-27-. The maximum absolute atomic E-state index is 12.8. The second kappa shape index (κ2) is 51.7. The molecule has 0 aliphatic rings. The third kappa shape index (κ3) is 50.0. The normalized spacial score (nSPS) is 12.5. The van der Waals surface area contributed by atoms with Crippen LogP contribution in [0.2, 0.25) is 0 Å². The van der Waals surface area contributed by atoms with Crippen LogP contribution in [-0.2, 0) is 28.6 Å². The molecule has 0 aromatic heterocycles. The Morgan fingerprint density at radius 2 is 0.619 bits per heavy atom. The molecule has 0 aliphatic carbocycles. The summed E-state index contributed by atoms with van der Waals surface area (Å²) in [6.07, 6.45) is 63.6. The van der Waals surface area contributed by atoms with Crippen LogP contribution in [-0.4, -0.2) is 37.2 Å². The number of unbranched alkanes of at least 4 members (excludes halogenated alkanes) is 27. The van der Waals surface area contributed by atoms with Gasteiger partial charge in [-0.15, -0.1) is 0 Å². The predicted octanol–water partition coefficient (Wildman–Crippen LogP) is 17.6. The summed E-state index contributed by atoms with van der Waals surface area (Å²) in [4.78, 5) is 37.9. The number of esters is 3. The first-order valence-electron chi connectivity index (χ1n) is 26.8. The summed E-state index contributed by atoms with van der Waals surface area (Å²) in [5, 5.41) is 0. The molecule has 0 fully saturated rings. The van der Waals surface area contributed by atoms with Crippen molar-refractivity contribution in [3.63, 3.8) is 0 Å². The van der Waals surface area contributed by atoms with Crippen LogP contribution < -0.4 is 0 Å². The summed E-state index contributed by atoms with van der Waals surface area (Å²) in [5.41, 5.74) is 0. The lowest BCUT2D eigenvalue weighted by molar-refractivity contribution is -0.167. The first-order valence-corrected chi connectivity index (χ1v) is 26.8. The molecule has 364 valence electrons. The highest BCUT2D eigenvalue weighted by Crippen LogP contribution is 2.15. The lowest BCUT2D eigenvalue weighted by atomic mass is 10.1. The second-order valence-corrected chi connectivity index (χ2v) is 17.8. The number of hydrogen-bond acceptors (Lipinski definition) is 6. The second-order valence-electron chi connectivity index (χ2n) is 17.8. The van der Waals surface area contributed by atoms with E-state index in [0.29, 0.717) is 19.3 Å². The van der Waals surface area contributed by atoms with Crippen molar-refractivity contribution in [2.24, 2.45) is 0 Å². The molecule has 0 bridgehead atoms. The predicted molar refractivity (Wildman–Crippen MR) is 270 cm³/mol. The van der Waals surface area contributed by atoms with E-state index in [9.17, 15) is 14.4 Å². The monoisotopic (exact) mass is 881 g/mol. The first-order chi connectivity index (χ1) is 31.0. The maximum Gasteiger partial charge on any atom is 0.306 e. The minimum Gasteiger partial charge on any atom is -0.462 e. The molecule has 1 unspecified atom stereocenters. The zero-order chi connectivity index (χ0) is 45.8. The molecule has 1 atom stereocenters. The van der Waals surface area contributed by atoms with Crippen LogP contribution in [0.15, 0.2) is 60.8 Å². The Balaban J connectivity index is 4.24. The SMILES string of the molecule is CC/C=C\C/C=C\C/C=C\C/C=C\CCCCCCCCCCC(=O)OCC(COC(=O)CCCCCCCCC)OC(=O)CCCCCCCCC/C=C\CCCCCCCC. The Morgan fingerprint density at radius 3 is 0.984 bits per heavy atom. The number of rotatable bonds is 48. The van der Waals surface area contributed by atoms with Gasteiger partial charge in [0, 0.05) is 19.3 Å². The van der Waals surface area contributed by atoms with Crippen molar-refractivity contribution >= 4 is 17.9 Å². The molecule has 0 saturated carbocycles. The van der Waals surface area contributed by atoms with Crippen LogP contribution in [0.4, 0.5) is 0 Å². The Labute approximate surface area is 390 Å². The van der Waals surface area contributed by atoms with Gasteiger partial charge in [-0.3, -0.25) is 14.4 Å². The van der Waals surface area contributed by atoms with E-state index in [0.717, 1.165) is 89.9 Å². The quantitative estimate of drug-likeness (QED) is 0.0262. The largest absolute Gasteiger partial charge is 0.462 e. The highest BCUT2D eigenvalue weighted by Gasteiger charge is 2.19. The summed E-state index contributed by atoms with van der Waals surface area (Å²) in [6, 6.07) is 0. The third-order valence-electron chi connectivity index (χ3n) is 11.5. The molecule has 0 radical (unpaired) electrons. The van der Waals surface area contributed by atoms with Gasteiger partial charge in [0.15, 0.2) is 6.10 Å². The van der Waals surface area contributed by atoms with Crippen LogP contribution in [0, 0.1) is 0 Å². The molecule has 6 heteroatoms. The van der Waals surface area contributed by atoms with Crippen molar-refractivity contribution in [3.8, 4) is 0 Å². The minimum atomic E-state index is -0.776. The van der Waals surface area contributed by atoms with Gasteiger partial charge in [0.2, 0.25) is 0 Å². The first kappa shape index (κ1) is 60.1.